The van der Waals surface area contributed by atoms with E-state index in [0.29, 0.717) is 6.04 Å². The van der Waals surface area contributed by atoms with Gasteiger partial charge in [0.05, 0.1) is 0 Å². The van der Waals surface area contributed by atoms with Gasteiger partial charge in [-0.05, 0) is 55.5 Å². The largest absolute Gasteiger partial charge is 0.309 e. The monoisotopic (exact) mass is 295 g/mol. The molecule has 3 rings (SSSR count). The van der Waals surface area contributed by atoms with Crippen molar-refractivity contribution in [3.05, 3.63) is 21.4 Å². The van der Waals surface area contributed by atoms with Crippen LogP contribution in [0.5, 0.6) is 0 Å². The number of thiophene rings is 1. The highest BCUT2D eigenvalue weighted by atomic mass is 32.2. The summed E-state index contributed by atoms with van der Waals surface area (Å²) >= 11 is 4.19. The number of nitrogens with one attached hydrogen (secondary N) is 1. The lowest BCUT2D eigenvalue weighted by molar-refractivity contribution is 0.476. The molecule has 2 heterocycles. The molecule has 1 atom stereocenters. The molecule has 1 aliphatic carbocycles. The van der Waals surface area contributed by atoms with E-state index < -0.39 is 0 Å². The lowest BCUT2D eigenvalue weighted by Gasteiger charge is -2.17. The molecule has 1 saturated carbocycles. The zero-order valence-corrected chi connectivity index (χ0v) is 13.5. The molecular weight excluding hydrogens is 270 g/mol. The van der Waals surface area contributed by atoms with E-state index in [4.69, 9.17) is 0 Å². The zero-order valence-electron chi connectivity index (χ0n) is 11.9. The second-order valence-electron chi connectivity index (χ2n) is 5.93. The van der Waals surface area contributed by atoms with Crippen molar-refractivity contribution < 1.29 is 0 Å². The van der Waals surface area contributed by atoms with Gasteiger partial charge in [-0.3, -0.25) is 0 Å². The van der Waals surface area contributed by atoms with Crippen LogP contribution >= 0.6 is 23.1 Å². The van der Waals surface area contributed by atoms with Gasteiger partial charge < -0.3 is 5.32 Å². The van der Waals surface area contributed by atoms with Gasteiger partial charge in [0.1, 0.15) is 0 Å². The fourth-order valence-corrected chi connectivity index (χ4v) is 5.30. The van der Waals surface area contributed by atoms with Gasteiger partial charge in [-0.25, -0.2) is 0 Å². The third-order valence-electron chi connectivity index (χ3n) is 4.19. The van der Waals surface area contributed by atoms with E-state index in [9.17, 15) is 0 Å². The van der Waals surface area contributed by atoms with Gasteiger partial charge in [0.25, 0.3) is 0 Å². The van der Waals surface area contributed by atoms with Gasteiger partial charge in [-0.2, -0.15) is 11.8 Å². The predicted molar refractivity (Wildman–Crippen MR) is 87.2 cm³/mol. The Bertz CT molecular complexity index is 385. The topological polar surface area (TPSA) is 12.0 Å². The van der Waals surface area contributed by atoms with Crippen molar-refractivity contribution in [3.63, 3.8) is 0 Å². The first-order chi connectivity index (χ1) is 9.36. The molecule has 0 radical (unpaired) electrons. The van der Waals surface area contributed by atoms with Crippen LogP contribution in [0.2, 0.25) is 0 Å². The maximum absolute atomic E-state index is 3.78. The summed E-state index contributed by atoms with van der Waals surface area (Å²) in [7, 11) is 0. The van der Waals surface area contributed by atoms with Gasteiger partial charge >= 0.3 is 0 Å². The highest BCUT2D eigenvalue weighted by Gasteiger charge is 2.24. The van der Waals surface area contributed by atoms with Gasteiger partial charge in [0.15, 0.2) is 0 Å². The van der Waals surface area contributed by atoms with E-state index in [1.54, 1.807) is 15.3 Å². The van der Waals surface area contributed by atoms with Crippen LogP contribution in [0.1, 0.15) is 60.4 Å². The van der Waals surface area contributed by atoms with E-state index in [1.165, 1.54) is 50.0 Å². The van der Waals surface area contributed by atoms with E-state index in [2.05, 4.69) is 41.4 Å². The van der Waals surface area contributed by atoms with Gasteiger partial charge in [0, 0.05) is 21.5 Å². The number of thioether (sulfide) groups is 1. The van der Waals surface area contributed by atoms with Crippen molar-refractivity contribution in [2.45, 2.75) is 57.2 Å². The zero-order chi connectivity index (χ0) is 13.1. The average molecular weight is 296 g/mol. The number of fused-ring (bicyclic) bond motifs is 1. The summed E-state index contributed by atoms with van der Waals surface area (Å²) in [6, 6.07) is 3.13. The molecule has 1 aromatic rings. The summed E-state index contributed by atoms with van der Waals surface area (Å²) in [5, 5.41) is 3.78. The Labute approximate surface area is 125 Å². The van der Waals surface area contributed by atoms with Crippen molar-refractivity contribution in [1.29, 1.82) is 0 Å². The molecule has 1 nitrogen and oxygen atoms in total. The number of rotatable bonds is 7. The minimum absolute atomic E-state index is 0.626. The van der Waals surface area contributed by atoms with Crippen LogP contribution in [-0.2, 0) is 12.2 Å². The molecule has 2 aliphatic rings. The maximum Gasteiger partial charge on any atom is 0.0415 e. The van der Waals surface area contributed by atoms with E-state index in [1.807, 2.05) is 0 Å². The molecule has 106 valence electrons. The molecule has 3 heteroatoms. The summed E-state index contributed by atoms with van der Waals surface area (Å²) in [6.45, 7) is 3.42. The van der Waals surface area contributed by atoms with Gasteiger partial charge in [0.2, 0.25) is 0 Å². The second kappa shape index (κ2) is 6.64. The molecule has 0 spiro atoms. The average Bonchev–Trinajstić information content (AvgIpc) is 3.16. The minimum atomic E-state index is 0.626. The molecule has 1 fully saturated rings. The number of aryl methyl sites for hydroxylation is 1. The quantitative estimate of drug-likeness (QED) is 0.777. The first-order valence-electron chi connectivity index (χ1n) is 7.79. The standard InChI is InChI=1S/C16H25NS2/c1-2-8-17-14(6-5-12-3-4-12)16-10-13-11-18-9-7-15(13)19-16/h10,12,14,17H,2-9,11H2,1H3. The van der Waals surface area contributed by atoms with Crippen LogP contribution in [-0.4, -0.2) is 12.3 Å². The summed E-state index contributed by atoms with van der Waals surface area (Å²) in [5.74, 6) is 3.62. The normalized spacial score (nSPS) is 20.3. The third kappa shape index (κ3) is 3.77. The Kier molecular flexibility index (Phi) is 4.88. The van der Waals surface area contributed by atoms with Crippen molar-refractivity contribution in [1.82, 2.24) is 5.32 Å². The Morgan fingerprint density at radius 2 is 2.32 bits per heavy atom. The van der Waals surface area contributed by atoms with Crippen LogP contribution in [0, 0.1) is 5.92 Å². The smallest absolute Gasteiger partial charge is 0.0415 e. The summed E-state index contributed by atoms with van der Waals surface area (Å²) in [4.78, 5) is 3.28. The summed E-state index contributed by atoms with van der Waals surface area (Å²) in [6.07, 6.45) is 8.28. The van der Waals surface area contributed by atoms with E-state index in [0.717, 1.165) is 12.5 Å². The van der Waals surface area contributed by atoms with Gasteiger partial charge in [-0.1, -0.05) is 19.8 Å². The molecule has 1 unspecified atom stereocenters. The van der Waals surface area contributed by atoms with Crippen LogP contribution in [0.4, 0.5) is 0 Å². The Balaban J connectivity index is 1.67. The molecule has 0 amide bonds. The minimum Gasteiger partial charge on any atom is -0.309 e. The first-order valence-corrected chi connectivity index (χ1v) is 9.76. The van der Waals surface area contributed by atoms with Crippen molar-refractivity contribution in [2.75, 3.05) is 12.3 Å². The lowest BCUT2D eigenvalue weighted by atomic mass is 10.1. The van der Waals surface area contributed by atoms with Crippen molar-refractivity contribution in [3.8, 4) is 0 Å². The second-order valence-corrected chi connectivity index (χ2v) is 8.20. The molecule has 1 N–H and O–H groups in total. The van der Waals surface area contributed by atoms with Crippen LogP contribution in [0.15, 0.2) is 6.07 Å². The Hall–Kier alpha value is 0.01000. The van der Waals surface area contributed by atoms with Crippen LogP contribution < -0.4 is 5.32 Å². The van der Waals surface area contributed by atoms with E-state index in [-0.39, 0.29) is 0 Å². The highest BCUT2D eigenvalue weighted by molar-refractivity contribution is 7.98. The number of hydrogen-bond acceptors (Lipinski definition) is 3. The molecule has 19 heavy (non-hydrogen) atoms. The molecule has 0 saturated heterocycles. The van der Waals surface area contributed by atoms with Crippen LogP contribution in [0.3, 0.4) is 0 Å². The highest BCUT2D eigenvalue weighted by Crippen LogP contribution is 2.39. The van der Waals surface area contributed by atoms with Gasteiger partial charge in [-0.15, -0.1) is 11.3 Å². The first kappa shape index (κ1) is 14.0. The molecule has 1 aliphatic heterocycles. The molecule has 0 bridgehead atoms. The fraction of sp³-hybridized carbons (Fsp3) is 0.750. The summed E-state index contributed by atoms with van der Waals surface area (Å²) < 4.78 is 0. The SMILES string of the molecule is CCCNC(CCC1CC1)c1cc2c(s1)CCSC2. The Morgan fingerprint density at radius 3 is 3.05 bits per heavy atom. The van der Waals surface area contributed by atoms with E-state index >= 15 is 0 Å². The maximum atomic E-state index is 3.78. The molecule has 0 aromatic carbocycles. The Morgan fingerprint density at radius 1 is 1.42 bits per heavy atom. The van der Waals surface area contributed by atoms with Crippen LogP contribution in [0.25, 0.3) is 0 Å². The number of hydrogen-bond donors (Lipinski definition) is 1. The predicted octanol–water partition coefficient (Wildman–Crippen LogP) is 4.77. The third-order valence-corrected chi connectivity index (χ3v) is 6.55. The molecular formula is C16H25NS2. The van der Waals surface area contributed by atoms with Crippen molar-refractivity contribution in [2.24, 2.45) is 5.92 Å². The van der Waals surface area contributed by atoms with Crippen molar-refractivity contribution >= 4 is 23.1 Å². The molecule has 1 aromatic heterocycles. The summed E-state index contributed by atoms with van der Waals surface area (Å²) in [5.41, 5.74) is 1.63. The lowest BCUT2D eigenvalue weighted by Crippen LogP contribution is -2.21. The fourth-order valence-electron chi connectivity index (χ4n) is 2.81.